The molecule has 4 nitrogen and oxygen atoms in total. The minimum absolute atomic E-state index is 0.175. The molecule has 0 saturated heterocycles. The topological polar surface area (TPSA) is 75.1 Å². The van der Waals surface area contributed by atoms with Gasteiger partial charge in [-0.3, -0.25) is 9.98 Å². The zero-order valence-corrected chi connectivity index (χ0v) is 14.5. The summed E-state index contributed by atoms with van der Waals surface area (Å²) < 4.78 is 13.9. The second kappa shape index (κ2) is 8.54. The molecule has 0 fully saturated rings. The Kier molecular flexibility index (Phi) is 5.70. The van der Waals surface area contributed by atoms with Gasteiger partial charge in [0.25, 0.3) is 0 Å². The van der Waals surface area contributed by atoms with Gasteiger partial charge in [0.2, 0.25) is 0 Å². The molecule has 0 saturated carbocycles. The third-order valence-electron chi connectivity index (χ3n) is 3.94. The van der Waals surface area contributed by atoms with Crippen molar-refractivity contribution in [2.24, 2.45) is 10.7 Å². The van der Waals surface area contributed by atoms with E-state index in [2.05, 4.69) is 16.0 Å². The average Bonchev–Trinajstić information content (AvgIpc) is 2.72. The second-order valence-corrected chi connectivity index (χ2v) is 5.80. The number of aliphatic imine (C=N–C) groups is 1. The molecule has 0 bridgehead atoms. The van der Waals surface area contributed by atoms with E-state index in [4.69, 9.17) is 11.0 Å². The summed E-state index contributed by atoms with van der Waals surface area (Å²) in [7, 11) is 0. The number of rotatable bonds is 5. The van der Waals surface area contributed by atoms with Crippen LogP contribution >= 0.6 is 0 Å². The molecule has 27 heavy (non-hydrogen) atoms. The van der Waals surface area contributed by atoms with Gasteiger partial charge in [-0.2, -0.15) is 5.26 Å². The number of hydrogen-bond donors (Lipinski definition) is 1. The van der Waals surface area contributed by atoms with E-state index in [1.165, 1.54) is 6.07 Å². The number of benzene rings is 2. The zero-order valence-electron chi connectivity index (χ0n) is 14.5. The van der Waals surface area contributed by atoms with Crippen molar-refractivity contribution in [3.05, 3.63) is 107 Å². The lowest BCUT2D eigenvalue weighted by Crippen LogP contribution is -2.06. The number of hydrogen-bond acceptors (Lipinski definition) is 4. The van der Waals surface area contributed by atoms with Gasteiger partial charge in [0, 0.05) is 11.8 Å². The Hall–Kier alpha value is -3.78. The van der Waals surface area contributed by atoms with Crippen LogP contribution < -0.4 is 5.73 Å². The van der Waals surface area contributed by atoms with Crippen LogP contribution in [0.2, 0.25) is 0 Å². The van der Waals surface area contributed by atoms with Gasteiger partial charge in [0.05, 0.1) is 35.3 Å². The van der Waals surface area contributed by atoms with Crippen LogP contribution in [0.15, 0.2) is 84.0 Å². The first kappa shape index (κ1) is 18.0. The molecule has 5 heteroatoms. The first-order chi connectivity index (χ1) is 13.2. The highest BCUT2D eigenvalue weighted by atomic mass is 19.1. The van der Waals surface area contributed by atoms with Crippen molar-refractivity contribution < 1.29 is 4.39 Å². The molecule has 0 radical (unpaired) electrons. The van der Waals surface area contributed by atoms with Gasteiger partial charge >= 0.3 is 0 Å². The summed E-state index contributed by atoms with van der Waals surface area (Å²) in [5.41, 5.74) is 9.67. The van der Waals surface area contributed by atoms with Crippen molar-refractivity contribution in [2.75, 3.05) is 0 Å². The summed E-state index contributed by atoms with van der Waals surface area (Å²) in [6, 6.07) is 21.1. The van der Waals surface area contributed by atoms with E-state index in [-0.39, 0.29) is 12.4 Å². The fraction of sp³-hybridized carbons (Fsp3) is 0.0455. The number of nitriles is 1. The fourth-order valence-corrected chi connectivity index (χ4v) is 2.49. The van der Waals surface area contributed by atoms with Crippen LogP contribution in [0.3, 0.4) is 0 Å². The number of allylic oxidation sites excluding steroid dienone is 1. The van der Waals surface area contributed by atoms with Crippen molar-refractivity contribution in [3.63, 3.8) is 0 Å². The van der Waals surface area contributed by atoms with Crippen LogP contribution in [-0.2, 0) is 6.54 Å². The summed E-state index contributed by atoms with van der Waals surface area (Å²) in [5, 5.41) is 8.98. The lowest BCUT2D eigenvalue weighted by Gasteiger charge is -2.07. The van der Waals surface area contributed by atoms with E-state index in [0.717, 1.165) is 5.56 Å². The summed E-state index contributed by atoms with van der Waals surface area (Å²) in [6.07, 6.45) is 3.37. The summed E-state index contributed by atoms with van der Waals surface area (Å²) in [6.45, 7) is 0.175. The van der Waals surface area contributed by atoms with Gasteiger partial charge in [-0.05, 0) is 42.0 Å². The monoisotopic (exact) mass is 356 g/mol. The summed E-state index contributed by atoms with van der Waals surface area (Å²) in [4.78, 5) is 8.79. The van der Waals surface area contributed by atoms with E-state index >= 15 is 0 Å². The number of halogens is 1. The highest BCUT2D eigenvalue weighted by molar-refractivity contribution is 6.11. The first-order valence-corrected chi connectivity index (χ1v) is 8.34. The molecule has 0 aliphatic heterocycles. The molecule has 0 unspecified atom stereocenters. The van der Waals surface area contributed by atoms with Crippen molar-refractivity contribution in [1.82, 2.24) is 4.98 Å². The highest BCUT2D eigenvalue weighted by Crippen LogP contribution is 2.13. The molecule has 3 aromatic rings. The van der Waals surface area contributed by atoms with Crippen LogP contribution in [-0.4, -0.2) is 10.7 Å². The standard InChI is InChI=1S/C22H17FN4/c23-19-6-2-1-5-18(19)15-27-22(17-10-8-16(14-24)9-11-17)13-20(25)21-7-3-4-12-26-21/h1-13H,15,25H2. The molecule has 2 N–H and O–H groups in total. The van der Waals surface area contributed by atoms with Gasteiger partial charge in [-0.15, -0.1) is 0 Å². The molecule has 0 amide bonds. The Morgan fingerprint density at radius 3 is 2.48 bits per heavy atom. The van der Waals surface area contributed by atoms with Crippen molar-refractivity contribution in [1.29, 1.82) is 5.26 Å². The van der Waals surface area contributed by atoms with E-state index < -0.39 is 0 Å². The zero-order chi connectivity index (χ0) is 19.1. The largest absolute Gasteiger partial charge is 0.397 e. The molecule has 1 heterocycles. The van der Waals surface area contributed by atoms with Gasteiger partial charge in [-0.25, -0.2) is 4.39 Å². The summed E-state index contributed by atoms with van der Waals surface area (Å²) >= 11 is 0. The maximum absolute atomic E-state index is 13.9. The Morgan fingerprint density at radius 2 is 1.81 bits per heavy atom. The third-order valence-corrected chi connectivity index (χ3v) is 3.94. The van der Waals surface area contributed by atoms with Crippen LogP contribution in [0.5, 0.6) is 0 Å². The summed E-state index contributed by atoms with van der Waals surface area (Å²) in [5.74, 6) is -0.304. The molecule has 2 aromatic carbocycles. The minimum atomic E-state index is -0.304. The lowest BCUT2D eigenvalue weighted by molar-refractivity contribution is 0.611. The molecule has 1 aromatic heterocycles. The number of pyridine rings is 1. The minimum Gasteiger partial charge on any atom is -0.397 e. The lowest BCUT2D eigenvalue weighted by atomic mass is 10.1. The fourth-order valence-electron chi connectivity index (χ4n) is 2.49. The Morgan fingerprint density at radius 1 is 1.07 bits per heavy atom. The van der Waals surface area contributed by atoms with Crippen molar-refractivity contribution >= 4 is 11.4 Å². The SMILES string of the molecule is N#Cc1ccc(C(C=C(N)c2ccccn2)=NCc2ccccc2F)cc1. The predicted molar refractivity (Wildman–Crippen MR) is 104 cm³/mol. The number of nitrogens with two attached hydrogens (primary N) is 1. The smallest absolute Gasteiger partial charge is 0.128 e. The van der Waals surface area contributed by atoms with Crippen LogP contribution in [0.4, 0.5) is 4.39 Å². The van der Waals surface area contributed by atoms with E-state index in [9.17, 15) is 4.39 Å². The van der Waals surface area contributed by atoms with Gasteiger partial charge in [-0.1, -0.05) is 36.4 Å². The van der Waals surface area contributed by atoms with Gasteiger partial charge < -0.3 is 5.73 Å². The molecule has 0 aliphatic carbocycles. The quantitative estimate of drug-likeness (QED) is 0.700. The maximum Gasteiger partial charge on any atom is 0.128 e. The maximum atomic E-state index is 13.9. The molecule has 3 rings (SSSR count). The molecule has 0 atom stereocenters. The molecule has 0 spiro atoms. The molecular formula is C22H17FN4. The molecule has 0 aliphatic rings. The Balaban J connectivity index is 1.99. The Bertz CT molecular complexity index is 1020. The number of aromatic nitrogens is 1. The normalized spacial score (nSPS) is 11.9. The first-order valence-electron chi connectivity index (χ1n) is 8.34. The van der Waals surface area contributed by atoms with Crippen LogP contribution in [0, 0.1) is 17.1 Å². The van der Waals surface area contributed by atoms with Crippen molar-refractivity contribution in [3.8, 4) is 6.07 Å². The van der Waals surface area contributed by atoms with E-state index in [0.29, 0.717) is 28.2 Å². The predicted octanol–water partition coefficient (Wildman–Crippen LogP) is 4.08. The van der Waals surface area contributed by atoms with Crippen LogP contribution in [0.25, 0.3) is 5.70 Å². The highest BCUT2D eigenvalue weighted by Gasteiger charge is 2.06. The average molecular weight is 356 g/mol. The van der Waals surface area contributed by atoms with E-state index in [1.54, 1.807) is 60.8 Å². The molecular weight excluding hydrogens is 339 g/mol. The van der Waals surface area contributed by atoms with E-state index in [1.807, 2.05) is 12.1 Å². The van der Waals surface area contributed by atoms with Gasteiger partial charge in [0.15, 0.2) is 0 Å². The third kappa shape index (κ3) is 4.65. The van der Waals surface area contributed by atoms with Gasteiger partial charge in [0.1, 0.15) is 5.82 Å². The second-order valence-electron chi connectivity index (χ2n) is 5.80. The van der Waals surface area contributed by atoms with Crippen molar-refractivity contribution in [2.45, 2.75) is 6.54 Å². The Labute approximate surface area is 157 Å². The molecule has 132 valence electrons. The number of nitrogens with zero attached hydrogens (tertiary/aromatic N) is 3. The van der Waals surface area contributed by atoms with Crippen LogP contribution in [0.1, 0.15) is 22.4 Å².